The van der Waals surface area contributed by atoms with Gasteiger partial charge in [0, 0.05) is 12.7 Å². The molecule has 0 atom stereocenters. The summed E-state index contributed by atoms with van der Waals surface area (Å²) < 4.78 is 1.03. The Labute approximate surface area is 192 Å². The molecule has 0 aliphatic carbocycles. The number of aromatic nitrogens is 2. The minimum atomic E-state index is -0.681. The first kappa shape index (κ1) is 22.0. The topological polar surface area (TPSA) is 95.4 Å². The number of H-pyrrole nitrogens is 1. The molecule has 7 nitrogen and oxygen atoms in total. The molecule has 0 saturated carbocycles. The normalized spacial score (nSPS) is 11.1. The van der Waals surface area contributed by atoms with Crippen molar-refractivity contribution in [2.24, 2.45) is 0 Å². The smallest absolute Gasteiger partial charge is 0.333 e. The van der Waals surface area contributed by atoms with E-state index in [-0.39, 0.29) is 32.8 Å². The molecule has 0 fully saturated rings. The van der Waals surface area contributed by atoms with Crippen molar-refractivity contribution in [3.8, 4) is 5.69 Å². The highest BCUT2D eigenvalue weighted by Crippen LogP contribution is 2.31. The second-order valence-electron chi connectivity index (χ2n) is 7.22. The number of aliphatic hydroxyl groups excluding tert-OH is 1. The summed E-state index contributed by atoms with van der Waals surface area (Å²) in [6.45, 7) is 1.69. The van der Waals surface area contributed by atoms with Gasteiger partial charge in [0.05, 0.1) is 28.1 Å². The van der Waals surface area contributed by atoms with Crippen molar-refractivity contribution in [2.75, 3.05) is 11.9 Å². The summed E-state index contributed by atoms with van der Waals surface area (Å²) in [5, 5.41) is 9.80. The van der Waals surface area contributed by atoms with E-state index in [9.17, 15) is 19.5 Å². The minimum Gasteiger partial charge on any atom is -0.392 e. The fourth-order valence-electron chi connectivity index (χ4n) is 3.54. The zero-order valence-corrected chi connectivity index (χ0v) is 19.0. The molecule has 2 aromatic carbocycles. The van der Waals surface area contributed by atoms with E-state index >= 15 is 0 Å². The molecule has 0 spiro atoms. The summed E-state index contributed by atoms with van der Waals surface area (Å²) >= 11 is 7.36. The lowest BCUT2D eigenvalue weighted by atomic mass is 10.1. The lowest BCUT2D eigenvalue weighted by Crippen LogP contribution is -2.34. The number of nitrogens with zero attached hydrogens (tertiary/aromatic N) is 2. The minimum absolute atomic E-state index is 0.121. The maximum absolute atomic E-state index is 13.2. The predicted molar refractivity (Wildman–Crippen MR) is 128 cm³/mol. The third-order valence-electron chi connectivity index (χ3n) is 5.34. The van der Waals surface area contributed by atoms with Gasteiger partial charge in [0.2, 0.25) is 0 Å². The lowest BCUT2D eigenvalue weighted by Gasteiger charge is -2.16. The number of hydrogen-bond acceptors (Lipinski definition) is 5. The molecule has 2 N–H and O–H groups in total. The Balaban J connectivity index is 1.78. The number of benzene rings is 2. The summed E-state index contributed by atoms with van der Waals surface area (Å²) in [7, 11) is 1.65. The number of nitrogens with one attached hydrogen (secondary N) is 1. The van der Waals surface area contributed by atoms with Crippen LogP contribution in [0.4, 0.5) is 5.69 Å². The van der Waals surface area contributed by atoms with Gasteiger partial charge in [-0.3, -0.25) is 9.59 Å². The monoisotopic (exact) mass is 469 g/mol. The molecule has 0 unspecified atom stereocenters. The molecule has 4 aromatic rings. The SMILES string of the molecule is CCc1ccc(N(C)C(=O)c2cc(-n3c(=O)[nH]c4cccc(CO)c4c3=O)c(Cl)s2)cc1. The Bertz CT molecular complexity index is 1440. The van der Waals surface area contributed by atoms with E-state index < -0.39 is 11.2 Å². The highest BCUT2D eigenvalue weighted by atomic mass is 35.5. The first-order valence-electron chi connectivity index (χ1n) is 9.90. The number of anilines is 1. The van der Waals surface area contributed by atoms with Crippen molar-refractivity contribution >= 4 is 45.4 Å². The first-order chi connectivity index (χ1) is 15.3. The van der Waals surface area contributed by atoms with Crippen LogP contribution in [-0.4, -0.2) is 27.6 Å². The van der Waals surface area contributed by atoms with Crippen molar-refractivity contribution in [1.29, 1.82) is 0 Å². The Hall–Kier alpha value is -3.20. The Morgan fingerprint density at radius 1 is 1.19 bits per heavy atom. The number of hydrogen-bond donors (Lipinski definition) is 2. The van der Waals surface area contributed by atoms with E-state index in [0.717, 1.165) is 27.9 Å². The molecule has 0 aliphatic rings. The number of fused-ring (bicyclic) bond motifs is 1. The van der Waals surface area contributed by atoms with Crippen LogP contribution in [0.15, 0.2) is 58.1 Å². The van der Waals surface area contributed by atoms with Crippen LogP contribution in [0.1, 0.15) is 27.7 Å². The summed E-state index contributed by atoms with van der Waals surface area (Å²) in [6, 6.07) is 13.9. The summed E-state index contributed by atoms with van der Waals surface area (Å²) in [5.74, 6) is -0.311. The number of thiophene rings is 1. The quantitative estimate of drug-likeness (QED) is 0.465. The number of rotatable bonds is 5. The molecule has 164 valence electrons. The lowest BCUT2D eigenvalue weighted by molar-refractivity contribution is 0.0997. The standard InChI is InChI=1S/C23H20ClN3O4S/c1-3-13-7-9-15(10-8-13)26(2)21(29)18-11-17(20(24)32-18)27-22(30)19-14(12-28)5-4-6-16(19)25-23(27)31/h4-11,28H,3,12H2,1-2H3,(H,25,31). The summed E-state index contributed by atoms with van der Waals surface area (Å²) in [4.78, 5) is 43.3. The molecule has 1 amide bonds. The van der Waals surface area contributed by atoms with Gasteiger partial charge >= 0.3 is 5.69 Å². The zero-order valence-electron chi connectivity index (χ0n) is 17.4. The molecule has 0 bridgehead atoms. The third kappa shape index (κ3) is 3.77. The maximum atomic E-state index is 13.2. The third-order valence-corrected chi connectivity index (χ3v) is 6.67. The van der Waals surface area contributed by atoms with E-state index in [1.54, 1.807) is 25.2 Å². The van der Waals surface area contributed by atoms with Gasteiger partial charge in [-0.2, -0.15) is 0 Å². The van der Waals surface area contributed by atoms with Crippen molar-refractivity contribution in [1.82, 2.24) is 9.55 Å². The van der Waals surface area contributed by atoms with Crippen molar-refractivity contribution in [3.63, 3.8) is 0 Å². The number of carbonyl (C=O) groups is 1. The van der Waals surface area contributed by atoms with E-state index in [1.807, 2.05) is 24.3 Å². The molecule has 32 heavy (non-hydrogen) atoms. The number of aromatic amines is 1. The molecule has 2 heterocycles. The zero-order chi connectivity index (χ0) is 23.0. The molecule has 2 aromatic heterocycles. The molecular formula is C23H20ClN3O4S. The van der Waals surface area contributed by atoms with Crippen LogP contribution in [0.3, 0.4) is 0 Å². The number of aryl methyl sites for hydroxylation is 1. The van der Waals surface area contributed by atoms with Crippen molar-refractivity contribution < 1.29 is 9.90 Å². The Morgan fingerprint density at radius 3 is 2.56 bits per heavy atom. The highest BCUT2D eigenvalue weighted by Gasteiger charge is 2.22. The van der Waals surface area contributed by atoms with E-state index in [1.165, 1.54) is 11.0 Å². The molecule has 4 rings (SSSR count). The number of carbonyl (C=O) groups excluding carboxylic acids is 1. The maximum Gasteiger partial charge on any atom is 0.333 e. The van der Waals surface area contributed by atoms with Gasteiger partial charge in [0.25, 0.3) is 11.5 Å². The molecule has 0 aliphatic heterocycles. The molecular weight excluding hydrogens is 450 g/mol. The van der Waals surface area contributed by atoms with Crippen molar-refractivity contribution in [3.05, 3.63) is 89.7 Å². The van der Waals surface area contributed by atoms with Gasteiger partial charge in [-0.25, -0.2) is 9.36 Å². The average molecular weight is 470 g/mol. The number of aliphatic hydroxyl groups is 1. The molecule has 9 heteroatoms. The van der Waals surface area contributed by atoms with Gasteiger partial charge in [-0.05, 0) is 41.8 Å². The van der Waals surface area contributed by atoms with Crippen LogP contribution < -0.4 is 16.1 Å². The van der Waals surface area contributed by atoms with Gasteiger partial charge in [-0.15, -0.1) is 11.3 Å². The second-order valence-corrected chi connectivity index (χ2v) is 8.88. The van der Waals surface area contributed by atoms with Crippen LogP contribution in [0.2, 0.25) is 4.34 Å². The Morgan fingerprint density at radius 2 is 1.91 bits per heavy atom. The van der Waals surface area contributed by atoms with E-state index in [4.69, 9.17) is 11.6 Å². The number of halogens is 1. The highest BCUT2D eigenvalue weighted by molar-refractivity contribution is 7.18. The van der Waals surface area contributed by atoms with Crippen LogP contribution in [-0.2, 0) is 13.0 Å². The van der Waals surface area contributed by atoms with Gasteiger partial charge < -0.3 is 15.0 Å². The van der Waals surface area contributed by atoms with Gasteiger partial charge in [0.15, 0.2) is 0 Å². The van der Waals surface area contributed by atoms with Gasteiger partial charge in [-0.1, -0.05) is 42.8 Å². The predicted octanol–water partition coefficient (Wildman–Crippen LogP) is 3.73. The average Bonchev–Trinajstić information content (AvgIpc) is 3.18. The second kappa shape index (κ2) is 8.74. The molecule has 0 saturated heterocycles. The van der Waals surface area contributed by atoms with Crippen LogP contribution in [0.5, 0.6) is 0 Å². The van der Waals surface area contributed by atoms with E-state index in [0.29, 0.717) is 16.8 Å². The largest absolute Gasteiger partial charge is 0.392 e. The first-order valence-corrected chi connectivity index (χ1v) is 11.1. The molecule has 0 radical (unpaired) electrons. The van der Waals surface area contributed by atoms with Gasteiger partial charge in [0.1, 0.15) is 4.34 Å². The number of amides is 1. The summed E-state index contributed by atoms with van der Waals surface area (Å²) in [6.07, 6.45) is 0.898. The van der Waals surface area contributed by atoms with E-state index in [2.05, 4.69) is 11.9 Å². The van der Waals surface area contributed by atoms with Crippen LogP contribution in [0, 0.1) is 0 Å². The van der Waals surface area contributed by atoms with Crippen molar-refractivity contribution in [2.45, 2.75) is 20.0 Å². The Kier molecular flexibility index (Phi) is 6.01. The van der Waals surface area contributed by atoms with Crippen LogP contribution in [0.25, 0.3) is 16.6 Å². The summed E-state index contributed by atoms with van der Waals surface area (Å²) in [5.41, 5.74) is 1.40. The fourth-order valence-corrected chi connectivity index (χ4v) is 4.77. The fraction of sp³-hybridized carbons (Fsp3) is 0.174. The van der Waals surface area contributed by atoms with Crippen LogP contribution >= 0.6 is 22.9 Å².